The van der Waals surface area contributed by atoms with Crippen molar-refractivity contribution < 1.29 is 4.79 Å². The van der Waals surface area contributed by atoms with E-state index in [9.17, 15) is 4.79 Å². The number of carbonyl (C=O) groups excluding carboxylic acids is 1. The van der Waals surface area contributed by atoms with Gasteiger partial charge in [0.05, 0.1) is 17.6 Å². The fourth-order valence-corrected chi connectivity index (χ4v) is 4.72. The molecule has 0 N–H and O–H groups in total. The number of aryl methyl sites for hydroxylation is 1. The number of amides is 1. The normalized spacial score (nSPS) is 21.5. The summed E-state index contributed by atoms with van der Waals surface area (Å²) in [5.74, 6) is 2.14. The average Bonchev–Trinajstić information content (AvgIpc) is 3.07. The number of carbonyl (C=O) groups is 1. The molecule has 0 bridgehead atoms. The summed E-state index contributed by atoms with van der Waals surface area (Å²) in [5, 5.41) is 0. The van der Waals surface area contributed by atoms with Gasteiger partial charge in [0.25, 0.3) is 0 Å². The molecule has 2 aliphatic rings. The van der Waals surface area contributed by atoms with Crippen LogP contribution in [0.2, 0.25) is 0 Å². The van der Waals surface area contributed by atoms with Crippen LogP contribution in [0.3, 0.4) is 0 Å². The molecule has 29 heavy (non-hydrogen) atoms. The van der Waals surface area contributed by atoms with Gasteiger partial charge < -0.3 is 14.4 Å². The molecule has 4 heterocycles. The highest BCUT2D eigenvalue weighted by atomic mass is 16.2. The highest BCUT2D eigenvalue weighted by Crippen LogP contribution is 2.26. The molecule has 2 aromatic rings. The molecular formula is C23H33N5O. The number of hydrogen-bond acceptors (Lipinski definition) is 4. The van der Waals surface area contributed by atoms with Gasteiger partial charge in [-0.05, 0) is 76.7 Å². The zero-order valence-corrected chi connectivity index (χ0v) is 18.0. The molecule has 6 nitrogen and oxygen atoms in total. The molecule has 2 aliphatic heterocycles. The van der Waals surface area contributed by atoms with E-state index in [1.54, 1.807) is 0 Å². The highest BCUT2D eigenvalue weighted by molar-refractivity contribution is 5.79. The lowest BCUT2D eigenvalue weighted by atomic mass is 9.89. The summed E-state index contributed by atoms with van der Waals surface area (Å²) >= 11 is 0. The van der Waals surface area contributed by atoms with Crippen molar-refractivity contribution >= 4 is 5.91 Å². The molecule has 0 saturated carbocycles. The molecule has 2 aromatic heterocycles. The van der Waals surface area contributed by atoms with E-state index < -0.39 is 0 Å². The number of hydrogen-bond donors (Lipinski definition) is 0. The van der Waals surface area contributed by atoms with E-state index in [1.165, 1.54) is 12.0 Å². The van der Waals surface area contributed by atoms with Crippen molar-refractivity contribution in [3.63, 3.8) is 0 Å². The summed E-state index contributed by atoms with van der Waals surface area (Å²) in [5.41, 5.74) is 3.26. The molecule has 0 aromatic carbocycles. The van der Waals surface area contributed by atoms with Crippen LogP contribution in [-0.2, 0) is 18.3 Å². The van der Waals surface area contributed by atoms with Crippen LogP contribution >= 0.6 is 0 Å². The second kappa shape index (κ2) is 8.66. The maximum Gasteiger partial charge on any atom is 0.225 e. The lowest BCUT2D eigenvalue weighted by molar-refractivity contribution is -0.138. The average molecular weight is 396 g/mol. The number of aromatic nitrogens is 3. The first kappa shape index (κ1) is 20.1. The number of rotatable bonds is 4. The Kier molecular flexibility index (Phi) is 5.99. The van der Waals surface area contributed by atoms with Crippen LogP contribution in [0.1, 0.15) is 37.1 Å². The summed E-state index contributed by atoms with van der Waals surface area (Å²) in [4.78, 5) is 26.5. The van der Waals surface area contributed by atoms with Gasteiger partial charge in [0.2, 0.25) is 5.91 Å². The standard InChI is InChI=1S/C23H33N5O/c1-17-24-15-22(27(17)3)21-7-6-18(14-25-21)13-19-5-4-10-28(16-19)23(29)20-8-11-26(2)12-9-20/h6-7,14-15,19-20H,4-5,8-13,16H2,1-3H3/t19-/m1/s1. The second-order valence-corrected chi connectivity index (χ2v) is 8.88. The molecule has 0 spiro atoms. The third kappa shape index (κ3) is 4.53. The SMILES string of the molecule is Cc1ncc(-c2ccc(C[C@H]3CCCN(C(=O)C4CCN(C)CC4)C3)cn2)n1C. The predicted octanol–water partition coefficient (Wildman–Crippen LogP) is 2.91. The lowest BCUT2D eigenvalue weighted by Gasteiger charge is -2.37. The maximum atomic E-state index is 13.0. The van der Waals surface area contributed by atoms with Crippen LogP contribution in [0.15, 0.2) is 24.5 Å². The first-order valence-electron chi connectivity index (χ1n) is 10.9. The molecule has 2 fully saturated rings. The fourth-order valence-electron chi connectivity index (χ4n) is 4.72. The molecule has 0 aliphatic carbocycles. The van der Waals surface area contributed by atoms with Gasteiger partial charge >= 0.3 is 0 Å². The Hall–Kier alpha value is -2.21. The van der Waals surface area contributed by atoms with Crippen LogP contribution in [0.25, 0.3) is 11.4 Å². The van der Waals surface area contributed by atoms with Crippen molar-refractivity contribution in [1.82, 2.24) is 24.3 Å². The van der Waals surface area contributed by atoms with Crippen LogP contribution < -0.4 is 0 Å². The van der Waals surface area contributed by atoms with Crippen LogP contribution in [0.5, 0.6) is 0 Å². The van der Waals surface area contributed by atoms with Crippen molar-refractivity contribution in [3.8, 4) is 11.4 Å². The lowest BCUT2D eigenvalue weighted by Crippen LogP contribution is -2.46. The van der Waals surface area contributed by atoms with Gasteiger partial charge in [0.15, 0.2) is 0 Å². The molecule has 6 heteroatoms. The van der Waals surface area contributed by atoms with E-state index in [2.05, 4.69) is 43.5 Å². The number of pyridine rings is 1. The Morgan fingerprint density at radius 3 is 2.52 bits per heavy atom. The quantitative estimate of drug-likeness (QED) is 0.799. The van der Waals surface area contributed by atoms with Crippen LogP contribution in [0.4, 0.5) is 0 Å². The summed E-state index contributed by atoms with van der Waals surface area (Å²) < 4.78 is 2.07. The fraction of sp³-hybridized carbons (Fsp3) is 0.609. The monoisotopic (exact) mass is 395 g/mol. The third-order valence-corrected chi connectivity index (χ3v) is 6.73. The van der Waals surface area contributed by atoms with Crippen molar-refractivity contribution in [3.05, 3.63) is 35.9 Å². The second-order valence-electron chi connectivity index (χ2n) is 8.88. The van der Waals surface area contributed by atoms with E-state index in [0.717, 1.165) is 69.1 Å². The van der Waals surface area contributed by atoms with Crippen molar-refractivity contribution in [2.24, 2.45) is 18.9 Å². The minimum Gasteiger partial charge on any atom is -0.342 e. The molecule has 0 unspecified atom stereocenters. The van der Waals surface area contributed by atoms with Gasteiger partial charge in [-0.25, -0.2) is 4.98 Å². The van der Waals surface area contributed by atoms with Gasteiger partial charge in [-0.3, -0.25) is 9.78 Å². The van der Waals surface area contributed by atoms with E-state index in [4.69, 9.17) is 0 Å². The Bertz CT molecular complexity index is 835. The minimum absolute atomic E-state index is 0.230. The van der Waals surface area contributed by atoms with Crippen molar-refractivity contribution in [2.45, 2.75) is 39.0 Å². The van der Waals surface area contributed by atoms with Crippen LogP contribution in [0, 0.1) is 18.8 Å². The summed E-state index contributed by atoms with van der Waals surface area (Å²) in [6, 6.07) is 4.28. The molecule has 1 amide bonds. The topological polar surface area (TPSA) is 54.3 Å². The summed E-state index contributed by atoms with van der Waals surface area (Å²) in [6.07, 6.45) is 9.20. The number of nitrogens with zero attached hydrogens (tertiary/aromatic N) is 5. The third-order valence-electron chi connectivity index (χ3n) is 6.73. The van der Waals surface area contributed by atoms with E-state index in [0.29, 0.717) is 11.8 Å². The van der Waals surface area contributed by atoms with E-state index in [1.807, 2.05) is 26.4 Å². The highest BCUT2D eigenvalue weighted by Gasteiger charge is 2.30. The number of imidazole rings is 1. The zero-order chi connectivity index (χ0) is 20.4. The predicted molar refractivity (Wildman–Crippen MR) is 114 cm³/mol. The number of likely N-dealkylation sites (tertiary alicyclic amines) is 2. The van der Waals surface area contributed by atoms with E-state index >= 15 is 0 Å². The molecular weight excluding hydrogens is 362 g/mol. The molecule has 2 saturated heterocycles. The van der Waals surface area contributed by atoms with Gasteiger partial charge in [0.1, 0.15) is 5.82 Å². The zero-order valence-electron chi connectivity index (χ0n) is 18.0. The minimum atomic E-state index is 0.230. The summed E-state index contributed by atoms with van der Waals surface area (Å²) in [6.45, 7) is 5.91. The smallest absolute Gasteiger partial charge is 0.225 e. The Morgan fingerprint density at radius 1 is 1.07 bits per heavy atom. The molecule has 0 radical (unpaired) electrons. The summed E-state index contributed by atoms with van der Waals surface area (Å²) in [7, 11) is 4.16. The Morgan fingerprint density at radius 2 is 1.86 bits per heavy atom. The van der Waals surface area contributed by atoms with Gasteiger partial charge in [-0.2, -0.15) is 0 Å². The Labute approximate surface area is 173 Å². The number of piperidine rings is 2. The maximum absolute atomic E-state index is 13.0. The largest absolute Gasteiger partial charge is 0.342 e. The first-order valence-corrected chi connectivity index (χ1v) is 10.9. The van der Waals surface area contributed by atoms with E-state index in [-0.39, 0.29) is 5.92 Å². The molecule has 156 valence electrons. The van der Waals surface area contributed by atoms with Crippen LogP contribution in [-0.4, -0.2) is 63.5 Å². The first-order chi connectivity index (χ1) is 14.0. The van der Waals surface area contributed by atoms with Gasteiger partial charge in [-0.15, -0.1) is 0 Å². The van der Waals surface area contributed by atoms with Crippen molar-refractivity contribution in [1.29, 1.82) is 0 Å². The van der Waals surface area contributed by atoms with Crippen molar-refractivity contribution in [2.75, 3.05) is 33.2 Å². The molecule has 4 rings (SSSR count). The van der Waals surface area contributed by atoms with Gasteiger partial charge in [-0.1, -0.05) is 6.07 Å². The van der Waals surface area contributed by atoms with Gasteiger partial charge in [0, 0.05) is 32.3 Å². The Balaban J connectivity index is 1.35. The molecule has 1 atom stereocenters.